The van der Waals surface area contributed by atoms with Gasteiger partial charge in [0.05, 0.1) is 24.8 Å². The summed E-state index contributed by atoms with van der Waals surface area (Å²) < 4.78 is 38.2. The Morgan fingerprint density at radius 1 is 1.10 bits per heavy atom. The predicted molar refractivity (Wildman–Crippen MR) is 104 cm³/mol. The van der Waals surface area contributed by atoms with Crippen LogP contribution in [-0.4, -0.2) is 31.6 Å². The third-order valence-electron chi connectivity index (χ3n) is 4.51. The van der Waals surface area contributed by atoms with Gasteiger partial charge in [0, 0.05) is 30.8 Å². The molecule has 154 valence electrons. The van der Waals surface area contributed by atoms with Gasteiger partial charge in [-0.05, 0) is 38.1 Å². The summed E-state index contributed by atoms with van der Waals surface area (Å²) in [7, 11) is 0. The number of ether oxygens (including phenoxy) is 2. The molecule has 6 nitrogen and oxygen atoms in total. The average Bonchev–Trinajstić information content (AvgIpc) is 3.06. The summed E-state index contributed by atoms with van der Waals surface area (Å²) in [6, 6.07) is 8.02. The van der Waals surface area contributed by atoms with Crippen molar-refractivity contribution >= 4 is 23.2 Å². The largest absolute Gasteiger partial charge is 0.490 e. The van der Waals surface area contributed by atoms with Gasteiger partial charge in [0.25, 0.3) is 0 Å². The van der Waals surface area contributed by atoms with Crippen LogP contribution < -0.4 is 19.7 Å². The van der Waals surface area contributed by atoms with Gasteiger partial charge in [-0.3, -0.25) is 9.59 Å². The van der Waals surface area contributed by atoms with Gasteiger partial charge in [0.2, 0.25) is 11.8 Å². The molecule has 1 aliphatic rings. The molecule has 2 aromatic rings. The topological polar surface area (TPSA) is 67.9 Å². The molecule has 0 aromatic heterocycles. The van der Waals surface area contributed by atoms with Crippen LogP contribution in [0.25, 0.3) is 0 Å². The van der Waals surface area contributed by atoms with E-state index in [0.717, 1.165) is 6.07 Å². The Morgan fingerprint density at radius 2 is 1.83 bits per heavy atom. The molecule has 1 atom stereocenters. The van der Waals surface area contributed by atoms with Crippen LogP contribution in [0.1, 0.15) is 20.3 Å². The summed E-state index contributed by atoms with van der Waals surface area (Å²) in [5.41, 5.74) is 0.465. The molecule has 1 fully saturated rings. The van der Waals surface area contributed by atoms with Crippen molar-refractivity contribution in [3.63, 3.8) is 0 Å². The van der Waals surface area contributed by atoms with E-state index in [1.54, 1.807) is 18.2 Å². The Bertz CT molecular complexity index is 920. The minimum Gasteiger partial charge on any atom is -0.490 e. The van der Waals surface area contributed by atoms with Gasteiger partial charge in [0.1, 0.15) is 11.6 Å². The number of amides is 2. The Hall–Kier alpha value is -3.16. The summed E-state index contributed by atoms with van der Waals surface area (Å²) in [6.07, 6.45) is -0.0575. The molecule has 0 bridgehead atoms. The zero-order valence-electron chi connectivity index (χ0n) is 16.2. The number of halogens is 2. The van der Waals surface area contributed by atoms with Crippen LogP contribution in [0.5, 0.6) is 11.5 Å². The van der Waals surface area contributed by atoms with Gasteiger partial charge < -0.3 is 19.7 Å². The van der Waals surface area contributed by atoms with Gasteiger partial charge in [-0.15, -0.1) is 0 Å². The molecular formula is C21H22F2N2O4. The fourth-order valence-corrected chi connectivity index (χ4v) is 3.19. The number of nitrogens with zero attached hydrogens (tertiary/aromatic N) is 1. The third kappa shape index (κ3) is 4.64. The highest BCUT2D eigenvalue weighted by molar-refractivity contribution is 6.03. The molecule has 1 unspecified atom stereocenters. The quantitative estimate of drug-likeness (QED) is 0.763. The first-order chi connectivity index (χ1) is 13.9. The number of rotatable bonds is 7. The van der Waals surface area contributed by atoms with Gasteiger partial charge >= 0.3 is 0 Å². The molecule has 1 heterocycles. The van der Waals surface area contributed by atoms with Gasteiger partial charge in [-0.25, -0.2) is 8.78 Å². The van der Waals surface area contributed by atoms with Crippen molar-refractivity contribution in [1.29, 1.82) is 0 Å². The monoisotopic (exact) mass is 404 g/mol. The minimum atomic E-state index is -0.840. The number of hydrogen-bond donors (Lipinski definition) is 1. The number of benzene rings is 2. The molecule has 2 aromatic carbocycles. The number of hydrogen-bond acceptors (Lipinski definition) is 4. The Labute approximate surface area is 167 Å². The number of carbonyl (C=O) groups is 2. The van der Waals surface area contributed by atoms with Gasteiger partial charge in [-0.2, -0.15) is 0 Å². The lowest BCUT2D eigenvalue weighted by Gasteiger charge is -2.18. The average molecular weight is 404 g/mol. The minimum absolute atomic E-state index is 0.0164. The Kier molecular flexibility index (Phi) is 6.31. The lowest BCUT2D eigenvalue weighted by molar-refractivity contribution is -0.122. The van der Waals surface area contributed by atoms with Crippen molar-refractivity contribution in [2.24, 2.45) is 5.92 Å². The molecule has 1 saturated heterocycles. The molecule has 0 saturated carbocycles. The summed E-state index contributed by atoms with van der Waals surface area (Å²) in [4.78, 5) is 26.1. The van der Waals surface area contributed by atoms with Crippen LogP contribution in [0.2, 0.25) is 0 Å². The second kappa shape index (κ2) is 8.89. The molecular weight excluding hydrogens is 382 g/mol. The standard InChI is InChI=1S/C21H22F2N2O4/c1-3-28-18-8-6-15(11-19(18)29-4-2)24-21(27)13-9-20(26)25(12-13)17-7-5-14(22)10-16(17)23/h5-8,10-11,13H,3-4,9,12H2,1-2H3,(H,24,27). The van der Waals surface area contributed by atoms with E-state index < -0.39 is 23.5 Å². The van der Waals surface area contributed by atoms with Crippen molar-refractivity contribution in [3.8, 4) is 11.5 Å². The Morgan fingerprint density at radius 3 is 2.52 bits per heavy atom. The number of nitrogens with one attached hydrogen (secondary N) is 1. The first kappa shape index (κ1) is 20.6. The molecule has 0 aliphatic carbocycles. The maximum atomic E-state index is 14.0. The summed E-state index contributed by atoms with van der Waals surface area (Å²) in [5, 5.41) is 2.76. The maximum Gasteiger partial charge on any atom is 0.229 e. The molecule has 3 rings (SSSR count). The predicted octanol–water partition coefficient (Wildman–Crippen LogP) is 3.75. The summed E-state index contributed by atoms with van der Waals surface area (Å²) in [6.45, 7) is 4.63. The molecule has 0 spiro atoms. The van der Waals surface area contributed by atoms with Crippen LogP contribution in [-0.2, 0) is 9.59 Å². The van der Waals surface area contributed by atoms with Crippen LogP contribution >= 0.6 is 0 Å². The van der Waals surface area contributed by atoms with Crippen molar-refractivity contribution in [1.82, 2.24) is 0 Å². The lowest BCUT2D eigenvalue weighted by atomic mass is 10.1. The van der Waals surface area contributed by atoms with Crippen molar-refractivity contribution in [2.45, 2.75) is 20.3 Å². The maximum absolute atomic E-state index is 14.0. The Balaban J connectivity index is 1.71. The van der Waals surface area contributed by atoms with Crippen LogP contribution in [0.4, 0.5) is 20.2 Å². The van der Waals surface area contributed by atoms with Crippen molar-refractivity contribution < 1.29 is 27.8 Å². The smallest absolute Gasteiger partial charge is 0.229 e. The van der Waals surface area contributed by atoms with Gasteiger partial charge in [0.15, 0.2) is 11.5 Å². The fraction of sp³-hybridized carbons (Fsp3) is 0.333. The molecule has 29 heavy (non-hydrogen) atoms. The fourth-order valence-electron chi connectivity index (χ4n) is 3.19. The molecule has 0 radical (unpaired) electrons. The SMILES string of the molecule is CCOc1ccc(NC(=O)C2CC(=O)N(c3ccc(F)cc3F)C2)cc1OCC. The van der Waals surface area contributed by atoms with E-state index in [0.29, 0.717) is 36.5 Å². The first-order valence-corrected chi connectivity index (χ1v) is 9.38. The highest BCUT2D eigenvalue weighted by atomic mass is 19.1. The second-order valence-corrected chi connectivity index (χ2v) is 6.52. The van der Waals surface area contributed by atoms with Crippen molar-refractivity contribution in [2.75, 3.05) is 30.0 Å². The van der Waals surface area contributed by atoms with Crippen LogP contribution in [0.15, 0.2) is 36.4 Å². The number of anilines is 2. The first-order valence-electron chi connectivity index (χ1n) is 9.38. The highest BCUT2D eigenvalue weighted by Crippen LogP contribution is 2.32. The number of carbonyl (C=O) groups excluding carboxylic acids is 2. The zero-order chi connectivity index (χ0) is 21.0. The molecule has 8 heteroatoms. The zero-order valence-corrected chi connectivity index (χ0v) is 16.2. The summed E-state index contributed by atoms with van der Waals surface area (Å²) >= 11 is 0. The normalized spacial score (nSPS) is 16.1. The lowest BCUT2D eigenvalue weighted by Crippen LogP contribution is -2.28. The van der Waals surface area contributed by atoms with Crippen LogP contribution in [0.3, 0.4) is 0 Å². The highest BCUT2D eigenvalue weighted by Gasteiger charge is 2.36. The molecule has 2 amide bonds. The summed E-state index contributed by atoms with van der Waals surface area (Å²) in [5.74, 6) is -1.91. The van der Waals surface area contributed by atoms with Gasteiger partial charge in [-0.1, -0.05) is 0 Å². The van der Waals surface area contributed by atoms with E-state index in [1.807, 2.05) is 13.8 Å². The van der Waals surface area contributed by atoms with E-state index in [2.05, 4.69) is 5.32 Å². The van der Waals surface area contributed by atoms with E-state index >= 15 is 0 Å². The van der Waals surface area contributed by atoms with E-state index in [4.69, 9.17) is 9.47 Å². The second-order valence-electron chi connectivity index (χ2n) is 6.52. The van der Waals surface area contributed by atoms with E-state index in [1.165, 1.54) is 11.0 Å². The third-order valence-corrected chi connectivity index (χ3v) is 4.51. The molecule has 1 aliphatic heterocycles. The van der Waals surface area contributed by atoms with Crippen LogP contribution in [0, 0.1) is 17.6 Å². The van der Waals surface area contributed by atoms with E-state index in [9.17, 15) is 18.4 Å². The van der Waals surface area contributed by atoms with E-state index in [-0.39, 0.29) is 24.6 Å². The molecule has 1 N–H and O–H groups in total. The van der Waals surface area contributed by atoms with Crippen molar-refractivity contribution in [3.05, 3.63) is 48.0 Å².